The highest BCUT2D eigenvalue weighted by Gasteiger charge is 2.17. The van der Waals surface area contributed by atoms with E-state index in [2.05, 4.69) is 48.6 Å². The van der Waals surface area contributed by atoms with Gasteiger partial charge in [-0.15, -0.1) is 0 Å². The molecular formula is C18H21NO2. The van der Waals surface area contributed by atoms with Gasteiger partial charge in [0.25, 0.3) is 0 Å². The summed E-state index contributed by atoms with van der Waals surface area (Å²) in [5.41, 5.74) is 2.46. The van der Waals surface area contributed by atoms with Gasteiger partial charge in [0.15, 0.2) is 11.5 Å². The first kappa shape index (κ1) is 14.0. The first-order valence-corrected chi connectivity index (χ1v) is 7.56. The molecule has 110 valence electrons. The lowest BCUT2D eigenvalue weighted by Gasteiger charge is -2.20. The molecular weight excluding hydrogens is 262 g/mol. The van der Waals surface area contributed by atoms with Crippen LogP contribution in [-0.2, 0) is 0 Å². The van der Waals surface area contributed by atoms with Crippen molar-refractivity contribution >= 4 is 0 Å². The fourth-order valence-electron chi connectivity index (χ4n) is 2.64. The first-order chi connectivity index (χ1) is 10.4. The molecule has 2 aromatic carbocycles. The average molecular weight is 283 g/mol. The van der Waals surface area contributed by atoms with Gasteiger partial charge in [-0.1, -0.05) is 43.3 Å². The molecule has 0 aliphatic carbocycles. The molecule has 1 N–H and O–H groups in total. The van der Waals surface area contributed by atoms with E-state index in [1.165, 1.54) is 11.1 Å². The molecule has 0 aromatic heterocycles. The van der Waals surface area contributed by atoms with Gasteiger partial charge in [-0.05, 0) is 29.8 Å². The van der Waals surface area contributed by atoms with Crippen LogP contribution in [0.4, 0.5) is 0 Å². The predicted octanol–water partition coefficient (Wildman–Crippen LogP) is 3.55. The fourth-order valence-corrected chi connectivity index (χ4v) is 2.64. The Hall–Kier alpha value is -2.00. The average Bonchev–Trinajstić information content (AvgIpc) is 2.78. The Labute approximate surface area is 125 Å². The molecule has 0 fully saturated rings. The van der Waals surface area contributed by atoms with Gasteiger partial charge in [0.05, 0.1) is 19.3 Å². The van der Waals surface area contributed by atoms with Gasteiger partial charge in [-0.25, -0.2) is 0 Å². The van der Waals surface area contributed by atoms with Crippen molar-refractivity contribution in [3.05, 3.63) is 59.7 Å². The van der Waals surface area contributed by atoms with Crippen LogP contribution in [0.3, 0.4) is 0 Å². The lowest BCUT2D eigenvalue weighted by molar-refractivity contribution is 0.297. The van der Waals surface area contributed by atoms with Crippen LogP contribution < -0.4 is 14.8 Å². The lowest BCUT2D eigenvalue weighted by Crippen LogP contribution is -2.21. The summed E-state index contributed by atoms with van der Waals surface area (Å²) in [5, 5.41) is 3.54. The Morgan fingerprint density at radius 1 is 0.952 bits per heavy atom. The fraction of sp³-hybridized carbons (Fsp3) is 0.333. The van der Waals surface area contributed by atoms with Gasteiger partial charge in [0.1, 0.15) is 0 Å². The van der Waals surface area contributed by atoms with Gasteiger partial charge >= 0.3 is 0 Å². The molecule has 0 bridgehead atoms. The Bertz CT molecular complexity index is 583. The second-order valence-corrected chi connectivity index (χ2v) is 5.16. The van der Waals surface area contributed by atoms with Gasteiger partial charge in [-0.3, -0.25) is 0 Å². The molecule has 0 saturated heterocycles. The summed E-state index contributed by atoms with van der Waals surface area (Å²) in [5.74, 6) is 1.70. The molecule has 1 unspecified atom stereocenters. The number of fused-ring (bicyclic) bond motifs is 1. The largest absolute Gasteiger partial charge is 0.490 e. The van der Waals surface area contributed by atoms with Gasteiger partial charge in [0, 0.05) is 6.42 Å². The van der Waals surface area contributed by atoms with Crippen molar-refractivity contribution in [1.82, 2.24) is 5.32 Å². The highest BCUT2D eigenvalue weighted by Crippen LogP contribution is 2.34. The minimum absolute atomic E-state index is 0.174. The zero-order chi connectivity index (χ0) is 14.5. The highest BCUT2D eigenvalue weighted by atomic mass is 16.5. The maximum absolute atomic E-state index is 5.80. The maximum atomic E-state index is 5.80. The van der Waals surface area contributed by atoms with E-state index in [9.17, 15) is 0 Å². The van der Waals surface area contributed by atoms with Crippen molar-refractivity contribution in [2.24, 2.45) is 0 Å². The van der Waals surface area contributed by atoms with Crippen molar-refractivity contribution in [2.75, 3.05) is 19.8 Å². The SMILES string of the molecule is CCNC(c1ccccc1)c1ccc2c(c1)OCCCO2. The highest BCUT2D eigenvalue weighted by molar-refractivity contribution is 5.46. The number of hydrogen-bond donors (Lipinski definition) is 1. The molecule has 3 heteroatoms. The second-order valence-electron chi connectivity index (χ2n) is 5.16. The van der Waals surface area contributed by atoms with Gasteiger partial charge in [0.2, 0.25) is 0 Å². The minimum atomic E-state index is 0.174. The normalized spacial score (nSPS) is 15.3. The topological polar surface area (TPSA) is 30.5 Å². The van der Waals surface area contributed by atoms with Crippen LogP contribution in [-0.4, -0.2) is 19.8 Å². The molecule has 0 radical (unpaired) electrons. The summed E-state index contributed by atoms with van der Waals surface area (Å²) < 4.78 is 11.5. The molecule has 1 aliphatic rings. The third-order valence-corrected chi connectivity index (χ3v) is 3.65. The van der Waals surface area contributed by atoms with E-state index >= 15 is 0 Å². The van der Waals surface area contributed by atoms with Crippen LogP contribution in [0, 0.1) is 0 Å². The molecule has 1 heterocycles. The zero-order valence-electron chi connectivity index (χ0n) is 12.3. The number of rotatable bonds is 4. The van der Waals surface area contributed by atoms with Crippen LogP contribution in [0.1, 0.15) is 30.5 Å². The summed E-state index contributed by atoms with van der Waals surface area (Å²) >= 11 is 0. The van der Waals surface area contributed by atoms with E-state index in [4.69, 9.17) is 9.47 Å². The Kier molecular flexibility index (Phi) is 4.41. The van der Waals surface area contributed by atoms with E-state index < -0.39 is 0 Å². The molecule has 0 spiro atoms. The molecule has 2 aromatic rings. The van der Waals surface area contributed by atoms with Crippen LogP contribution in [0.2, 0.25) is 0 Å². The third-order valence-electron chi connectivity index (χ3n) is 3.65. The van der Waals surface area contributed by atoms with E-state index in [-0.39, 0.29) is 6.04 Å². The van der Waals surface area contributed by atoms with Crippen LogP contribution in [0.5, 0.6) is 11.5 Å². The molecule has 3 nitrogen and oxygen atoms in total. The van der Waals surface area contributed by atoms with E-state index in [0.717, 1.165) is 31.1 Å². The monoisotopic (exact) mass is 283 g/mol. The quantitative estimate of drug-likeness (QED) is 0.931. The summed E-state index contributed by atoms with van der Waals surface area (Å²) in [4.78, 5) is 0. The third kappa shape index (κ3) is 3.19. The number of nitrogens with one attached hydrogen (secondary N) is 1. The van der Waals surface area contributed by atoms with Gasteiger partial charge in [-0.2, -0.15) is 0 Å². The molecule has 1 aliphatic heterocycles. The zero-order valence-corrected chi connectivity index (χ0v) is 12.3. The van der Waals surface area contributed by atoms with Crippen molar-refractivity contribution in [1.29, 1.82) is 0 Å². The van der Waals surface area contributed by atoms with Crippen LogP contribution in [0.25, 0.3) is 0 Å². The van der Waals surface area contributed by atoms with Crippen LogP contribution >= 0.6 is 0 Å². The molecule has 0 amide bonds. The smallest absolute Gasteiger partial charge is 0.161 e. The molecule has 0 saturated carbocycles. The van der Waals surface area contributed by atoms with Gasteiger partial charge < -0.3 is 14.8 Å². The predicted molar refractivity (Wildman–Crippen MR) is 84.0 cm³/mol. The summed E-state index contributed by atoms with van der Waals surface area (Å²) in [6.07, 6.45) is 0.930. The van der Waals surface area contributed by atoms with E-state index in [1.54, 1.807) is 0 Å². The minimum Gasteiger partial charge on any atom is -0.490 e. The molecule has 3 rings (SSSR count). The maximum Gasteiger partial charge on any atom is 0.161 e. The first-order valence-electron chi connectivity index (χ1n) is 7.56. The Morgan fingerprint density at radius 3 is 2.48 bits per heavy atom. The summed E-state index contributed by atoms with van der Waals surface area (Å²) in [6.45, 7) is 4.47. The molecule has 21 heavy (non-hydrogen) atoms. The number of ether oxygens (including phenoxy) is 2. The van der Waals surface area contributed by atoms with Crippen molar-refractivity contribution in [2.45, 2.75) is 19.4 Å². The Balaban J connectivity index is 1.94. The van der Waals surface area contributed by atoms with Crippen molar-refractivity contribution in [3.63, 3.8) is 0 Å². The van der Waals surface area contributed by atoms with Crippen LogP contribution in [0.15, 0.2) is 48.5 Å². The molecule has 1 atom stereocenters. The number of hydrogen-bond acceptors (Lipinski definition) is 3. The van der Waals surface area contributed by atoms with E-state index in [0.29, 0.717) is 6.61 Å². The van der Waals surface area contributed by atoms with Crippen molar-refractivity contribution in [3.8, 4) is 11.5 Å². The number of benzene rings is 2. The Morgan fingerprint density at radius 2 is 1.71 bits per heavy atom. The lowest BCUT2D eigenvalue weighted by atomic mass is 9.98. The standard InChI is InChI=1S/C18H21NO2/c1-2-19-18(14-7-4-3-5-8-14)15-9-10-16-17(13-15)21-12-6-11-20-16/h3-5,7-10,13,18-19H,2,6,11-12H2,1H3. The summed E-state index contributed by atoms with van der Waals surface area (Å²) in [6, 6.07) is 16.9. The van der Waals surface area contributed by atoms with E-state index in [1.807, 2.05) is 12.1 Å². The second kappa shape index (κ2) is 6.64. The van der Waals surface area contributed by atoms with Crippen molar-refractivity contribution < 1.29 is 9.47 Å². The summed E-state index contributed by atoms with van der Waals surface area (Å²) in [7, 11) is 0.